The molecule has 4 N–H and O–H groups in total. The Hall–Kier alpha value is -0.0100. The SMILES string of the molecule is C[N+](C)(C)CCO.NC(CS)C(=O)O.[Cl-]. The van der Waals surface area contributed by atoms with Crippen LogP contribution in [0.1, 0.15) is 0 Å². The van der Waals surface area contributed by atoms with Crippen LogP contribution in [0.15, 0.2) is 0 Å². The van der Waals surface area contributed by atoms with E-state index < -0.39 is 12.0 Å². The summed E-state index contributed by atoms with van der Waals surface area (Å²) in [6.45, 7) is 1.11. The molecule has 5 nitrogen and oxygen atoms in total. The molecule has 0 heterocycles. The molecule has 0 spiro atoms. The number of aliphatic hydroxyl groups is 1. The number of halogens is 1. The Morgan fingerprint density at radius 3 is 1.87 bits per heavy atom. The van der Waals surface area contributed by atoms with Crippen LogP contribution in [0.3, 0.4) is 0 Å². The van der Waals surface area contributed by atoms with Gasteiger partial charge in [0.05, 0.1) is 27.7 Å². The van der Waals surface area contributed by atoms with Crippen LogP contribution in [0.2, 0.25) is 0 Å². The highest BCUT2D eigenvalue weighted by Crippen LogP contribution is 1.84. The Kier molecular flexibility index (Phi) is 14.3. The Balaban J connectivity index is -0.000000180. The predicted molar refractivity (Wildman–Crippen MR) is 59.4 cm³/mol. The highest BCUT2D eigenvalue weighted by Gasteiger charge is 2.06. The third-order valence-electron chi connectivity index (χ3n) is 1.28. The summed E-state index contributed by atoms with van der Waals surface area (Å²) in [5.41, 5.74) is 4.94. The number of carboxylic acid groups (broad SMARTS) is 1. The van der Waals surface area contributed by atoms with Crippen LogP contribution in [0, 0.1) is 0 Å². The first-order valence-corrected chi connectivity index (χ1v) is 4.88. The minimum Gasteiger partial charge on any atom is -1.00 e. The third kappa shape index (κ3) is 20.2. The first kappa shape index (κ1) is 20.4. The molecule has 94 valence electrons. The zero-order valence-electron chi connectivity index (χ0n) is 9.35. The van der Waals surface area contributed by atoms with Crippen molar-refractivity contribution in [1.29, 1.82) is 0 Å². The fourth-order valence-corrected chi connectivity index (χ4v) is 0.534. The van der Waals surface area contributed by atoms with Crippen LogP contribution >= 0.6 is 12.6 Å². The van der Waals surface area contributed by atoms with Gasteiger partial charge in [-0.3, -0.25) is 4.79 Å². The Morgan fingerprint density at radius 2 is 1.87 bits per heavy atom. The second kappa shape index (κ2) is 10.5. The van der Waals surface area contributed by atoms with E-state index in [1.54, 1.807) is 0 Å². The molecule has 1 atom stereocenters. The number of aliphatic carboxylic acids is 1. The van der Waals surface area contributed by atoms with Crippen molar-refractivity contribution in [2.45, 2.75) is 6.04 Å². The van der Waals surface area contributed by atoms with Crippen LogP contribution in [-0.2, 0) is 4.79 Å². The van der Waals surface area contributed by atoms with Gasteiger partial charge < -0.3 is 32.8 Å². The maximum Gasteiger partial charge on any atom is 0.321 e. The number of carbonyl (C=O) groups is 1. The van der Waals surface area contributed by atoms with Crippen molar-refractivity contribution in [3.8, 4) is 0 Å². The van der Waals surface area contributed by atoms with Crippen molar-refractivity contribution in [3.05, 3.63) is 0 Å². The van der Waals surface area contributed by atoms with E-state index in [-0.39, 0.29) is 24.8 Å². The van der Waals surface area contributed by atoms with Gasteiger partial charge in [-0.1, -0.05) is 0 Å². The van der Waals surface area contributed by atoms with Gasteiger partial charge in [-0.05, 0) is 0 Å². The fourth-order valence-electron chi connectivity index (χ4n) is 0.378. The van der Waals surface area contributed by atoms with Gasteiger partial charge in [0.2, 0.25) is 0 Å². The number of hydrogen-bond acceptors (Lipinski definition) is 4. The number of aliphatic hydroxyl groups excluding tert-OH is 1. The summed E-state index contributed by atoms with van der Waals surface area (Å²) in [6, 6.07) is -0.816. The maximum absolute atomic E-state index is 9.76. The summed E-state index contributed by atoms with van der Waals surface area (Å²) in [5.74, 6) is -0.815. The second-order valence-corrected chi connectivity index (χ2v) is 4.23. The zero-order chi connectivity index (χ0) is 11.8. The Morgan fingerprint density at radius 1 is 1.47 bits per heavy atom. The van der Waals surface area contributed by atoms with Crippen LogP contribution < -0.4 is 18.1 Å². The van der Waals surface area contributed by atoms with E-state index in [0.717, 1.165) is 11.0 Å². The quantitative estimate of drug-likeness (QED) is 0.307. The zero-order valence-corrected chi connectivity index (χ0v) is 11.0. The topological polar surface area (TPSA) is 83.5 Å². The number of nitrogens with zero attached hydrogens (tertiary/aromatic N) is 1. The standard InChI is InChI=1S/C5H14NO.C3H7NO2S.ClH/c1-6(2,3)4-5-7;4-2(1-7)3(5)6;/h7H,4-5H2,1-3H3;2,7H,1,4H2,(H,5,6);1H/q+1;;/p-1. The molecule has 0 amide bonds. The molecule has 7 heteroatoms. The minimum absolute atomic E-state index is 0. The highest BCUT2D eigenvalue weighted by molar-refractivity contribution is 7.80. The number of nitrogens with two attached hydrogens (primary N) is 1. The number of carboxylic acids is 1. The fraction of sp³-hybridized carbons (Fsp3) is 0.875. The van der Waals surface area contributed by atoms with E-state index in [9.17, 15) is 4.79 Å². The first-order chi connectivity index (χ1) is 6.24. The lowest BCUT2D eigenvalue weighted by Gasteiger charge is -2.21. The molecule has 0 aliphatic heterocycles. The van der Waals surface area contributed by atoms with Gasteiger partial charge >= 0.3 is 5.97 Å². The molecule has 0 rings (SSSR count). The normalized spacial score (nSPS) is 11.9. The van der Waals surface area contributed by atoms with Crippen molar-refractivity contribution < 1.29 is 31.9 Å². The number of likely N-dealkylation sites (N-methyl/N-ethyl adjacent to an activating group) is 1. The molecule has 0 bridgehead atoms. The molecule has 0 aliphatic rings. The molecular weight excluding hydrogens is 240 g/mol. The summed E-state index contributed by atoms with van der Waals surface area (Å²) in [4.78, 5) is 9.76. The second-order valence-electron chi connectivity index (χ2n) is 3.86. The average Bonchev–Trinajstić information content (AvgIpc) is 2.01. The van der Waals surface area contributed by atoms with Gasteiger partial charge in [0.25, 0.3) is 0 Å². The smallest absolute Gasteiger partial charge is 0.321 e. The van der Waals surface area contributed by atoms with E-state index in [4.69, 9.17) is 15.9 Å². The Labute approximate surface area is 103 Å². The average molecular weight is 261 g/mol. The first-order valence-electron chi connectivity index (χ1n) is 4.25. The molecule has 0 radical (unpaired) electrons. The monoisotopic (exact) mass is 260 g/mol. The number of hydrogen-bond donors (Lipinski definition) is 4. The van der Waals surface area contributed by atoms with E-state index in [1.807, 2.05) is 0 Å². The van der Waals surface area contributed by atoms with Crippen molar-refractivity contribution in [2.24, 2.45) is 5.73 Å². The van der Waals surface area contributed by atoms with Gasteiger partial charge in [0.15, 0.2) is 0 Å². The lowest BCUT2D eigenvalue weighted by atomic mass is 10.4. The Bertz CT molecular complexity index is 164. The minimum atomic E-state index is -1.00. The number of rotatable bonds is 4. The lowest BCUT2D eigenvalue weighted by Crippen LogP contribution is -3.00. The molecule has 0 saturated heterocycles. The van der Waals surface area contributed by atoms with Gasteiger partial charge in [-0.2, -0.15) is 12.6 Å². The van der Waals surface area contributed by atoms with Crippen LogP contribution in [-0.4, -0.2) is 66.8 Å². The molecule has 0 aromatic heterocycles. The molecule has 0 aromatic carbocycles. The molecular formula is C8H21ClN2O3S. The largest absolute Gasteiger partial charge is 1.00 e. The summed E-state index contributed by atoms with van der Waals surface area (Å²) >= 11 is 3.65. The predicted octanol–water partition coefficient (Wildman–Crippen LogP) is -3.98. The van der Waals surface area contributed by atoms with E-state index in [2.05, 4.69) is 33.8 Å². The molecule has 0 aromatic rings. The molecule has 1 unspecified atom stereocenters. The third-order valence-corrected chi connectivity index (χ3v) is 1.68. The summed E-state index contributed by atoms with van der Waals surface area (Å²) in [5, 5.41) is 16.4. The van der Waals surface area contributed by atoms with Gasteiger partial charge in [0.1, 0.15) is 12.6 Å². The highest BCUT2D eigenvalue weighted by atomic mass is 35.5. The van der Waals surface area contributed by atoms with Crippen LogP contribution in [0.4, 0.5) is 0 Å². The van der Waals surface area contributed by atoms with Crippen molar-refractivity contribution in [2.75, 3.05) is 40.0 Å². The number of quaternary nitrogens is 1. The summed E-state index contributed by atoms with van der Waals surface area (Å²) < 4.78 is 0.844. The molecule has 0 fully saturated rings. The lowest BCUT2D eigenvalue weighted by molar-refractivity contribution is -0.870. The van der Waals surface area contributed by atoms with Crippen LogP contribution in [0.25, 0.3) is 0 Å². The van der Waals surface area contributed by atoms with Crippen molar-refractivity contribution >= 4 is 18.6 Å². The van der Waals surface area contributed by atoms with E-state index in [1.165, 1.54) is 0 Å². The maximum atomic E-state index is 9.76. The van der Waals surface area contributed by atoms with Gasteiger partial charge in [-0.15, -0.1) is 0 Å². The molecule has 15 heavy (non-hydrogen) atoms. The van der Waals surface area contributed by atoms with Crippen LogP contribution in [0.5, 0.6) is 0 Å². The molecule has 0 aliphatic carbocycles. The van der Waals surface area contributed by atoms with E-state index >= 15 is 0 Å². The summed E-state index contributed by atoms with van der Waals surface area (Å²) in [6.07, 6.45) is 0. The summed E-state index contributed by atoms with van der Waals surface area (Å²) in [7, 11) is 6.16. The van der Waals surface area contributed by atoms with Gasteiger partial charge in [0, 0.05) is 5.75 Å². The number of thiol groups is 1. The van der Waals surface area contributed by atoms with E-state index in [0.29, 0.717) is 0 Å². The molecule has 0 saturated carbocycles. The van der Waals surface area contributed by atoms with Crippen molar-refractivity contribution in [1.82, 2.24) is 0 Å². The van der Waals surface area contributed by atoms with Gasteiger partial charge in [-0.25, -0.2) is 0 Å². The van der Waals surface area contributed by atoms with Crippen molar-refractivity contribution in [3.63, 3.8) is 0 Å².